The predicted octanol–water partition coefficient (Wildman–Crippen LogP) is 4.19. The van der Waals surface area contributed by atoms with Crippen molar-refractivity contribution in [3.8, 4) is 10.6 Å². The fraction of sp³-hybridized carbons (Fsp3) is 0.111. The molecule has 3 rings (SSSR count). The lowest BCUT2D eigenvalue weighted by atomic mass is 10.2. The molecule has 0 unspecified atom stereocenters. The molecule has 0 spiro atoms. The smallest absolute Gasteiger partial charge is 0.338 e. The number of rotatable bonds is 6. The largest absolute Gasteiger partial charge is 0.456 e. The zero-order chi connectivity index (χ0) is 19.4. The first kappa shape index (κ1) is 19.3. The molecule has 1 N–H and O–H groups in total. The molecule has 0 aliphatic rings. The maximum Gasteiger partial charge on any atom is 0.338 e. The third-order valence-electron chi connectivity index (χ3n) is 3.40. The van der Waals surface area contributed by atoms with Gasteiger partial charge in [-0.05, 0) is 30.3 Å². The molecular formula is C18H15ClN2O4S2. The summed E-state index contributed by atoms with van der Waals surface area (Å²) >= 11 is 7.32. The van der Waals surface area contributed by atoms with Gasteiger partial charge < -0.3 is 4.74 Å². The average molecular weight is 423 g/mol. The van der Waals surface area contributed by atoms with E-state index in [1.54, 1.807) is 30.3 Å². The van der Waals surface area contributed by atoms with E-state index in [2.05, 4.69) is 9.71 Å². The second-order valence-electron chi connectivity index (χ2n) is 5.68. The van der Waals surface area contributed by atoms with Gasteiger partial charge in [-0.3, -0.25) is 4.72 Å². The van der Waals surface area contributed by atoms with Crippen molar-refractivity contribution in [2.45, 2.75) is 6.61 Å². The van der Waals surface area contributed by atoms with E-state index in [0.717, 1.165) is 16.8 Å². The van der Waals surface area contributed by atoms with Crippen LogP contribution in [-0.2, 0) is 21.4 Å². The molecule has 0 fully saturated rings. The first-order valence-electron chi connectivity index (χ1n) is 7.75. The standard InChI is InChI=1S/C18H15ClN2O4S2/c1-27(23,24)21-15-4-2-3-13(9-15)18(22)25-10-16-11-26-17(20-16)12-5-7-14(19)8-6-12/h2-9,11,21H,10H2,1H3. The molecule has 0 atom stereocenters. The number of ether oxygens (including phenoxy) is 1. The Bertz CT molecular complexity index is 1060. The third kappa shape index (κ3) is 5.53. The fourth-order valence-corrected chi connectivity index (χ4v) is 3.74. The Labute approximate surface area is 165 Å². The van der Waals surface area contributed by atoms with E-state index in [4.69, 9.17) is 16.3 Å². The van der Waals surface area contributed by atoms with Crippen LogP contribution in [0.4, 0.5) is 5.69 Å². The van der Waals surface area contributed by atoms with Gasteiger partial charge in [-0.25, -0.2) is 18.2 Å². The highest BCUT2D eigenvalue weighted by atomic mass is 35.5. The lowest BCUT2D eigenvalue weighted by Gasteiger charge is -2.06. The second-order valence-corrected chi connectivity index (χ2v) is 8.73. The van der Waals surface area contributed by atoms with Gasteiger partial charge in [0.15, 0.2) is 0 Å². The number of hydrogen-bond donors (Lipinski definition) is 1. The Morgan fingerprint density at radius 3 is 2.67 bits per heavy atom. The number of esters is 1. The number of nitrogens with one attached hydrogen (secondary N) is 1. The van der Waals surface area contributed by atoms with Crippen molar-refractivity contribution in [3.05, 3.63) is 70.2 Å². The van der Waals surface area contributed by atoms with E-state index >= 15 is 0 Å². The Kier molecular flexibility index (Phi) is 5.79. The highest BCUT2D eigenvalue weighted by Gasteiger charge is 2.12. The van der Waals surface area contributed by atoms with Crippen LogP contribution in [0.25, 0.3) is 10.6 Å². The van der Waals surface area contributed by atoms with Crippen molar-refractivity contribution < 1.29 is 17.9 Å². The fourth-order valence-electron chi connectivity index (χ4n) is 2.24. The van der Waals surface area contributed by atoms with Crippen LogP contribution >= 0.6 is 22.9 Å². The number of halogens is 1. The summed E-state index contributed by atoms with van der Waals surface area (Å²) in [6, 6.07) is 13.4. The number of anilines is 1. The molecule has 27 heavy (non-hydrogen) atoms. The summed E-state index contributed by atoms with van der Waals surface area (Å²) in [6.07, 6.45) is 1.04. The zero-order valence-electron chi connectivity index (χ0n) is 14.2. The molecule has 1 heterocycles. The van der Waals surface area contributed by atoms with Crippen molar-refractivity contribution in [1.82, 2.24) is 4.98 Å². The SMILES string of the molecule is CS(=O)(=O)Nc1cccc(C(=O)OCc2csc(-c3ccc(Cl)cc3)n2)c1. The van der Waals surface area contributed by atoms with Crippen LogP contribution in [0.1, 0.15) is 16.1 Å². The van der Waals surface area contributed by atoms with Gasteiger partial charge >= 0.3 is 5.97 Å². The highest BCUT2D eigenvalue weighted by molar-refractivity contribution is 7.92. The minimum Gasteiger partial charge on any atom is -0.456 e. The highest BCUT2D eigenvalue weighted by Crippen LogP contribution is 2.25. The summed E-state index contributed by atoms with van der Waals surface area (Å²) in [6.45, 7) is 0.0205. The van der Waals surface area contributed by atoms with Gasteiger partial charge in [-0.2, -0.15) is 0 Å². The Morgan fingerprint density at radius 1 is 1.22 bits per heavy atom. The van der Waals surface area contributed by atoms with E-state index in [9.17, 15) is 13.2 Å². The molecule has 140 valence electrons. The van der Waals surface area contributed by atoms with Gasteiger partial charge in [0.1, 0.15) is 11.6 Å². The maximum absolute atomic E-state index is 12.2. The number of sulfonamides is 1. The number of thiazole rings is 1. The van der Waals surface area contributed by atoms with E-state index in [1.165, 1.54) is 17.4 Å². The minimum absolute atomic E-state index is 0.0205. The molecule has 3 aromatic rings. The monoisotopic (exact) mass is 422 g/mol. The summed E-state index contributed by atoms with van der Waals surface area (Å²) in [5.41, 5.74) is 2.10. The first-order valence-corrected chi connectivity index (χ1v) is 10.9. The van der Waals surface area contributed by atoms with Gasteiger partial charge in [0, 0.05) is 21.7 Å². The second kappa shape index (κ2) is 8.08. The lowest BCUT2D eigenvalue weighted by molar-refractivity contribution is 0.0468. The van der Waals surface area contributed by atoms with Gasteiger partial charge in [-0.15, -0.1) is 11.3 Å². The predicted molar refractivity (Wildman–Crippen MR) is 107 cm³/mol. The first-order chi connectivity index (χ1) is 12.8. The van der Waals surface area contributed by atoms with Crippen LogP contribution in [0.5, 0.6) is 0 Å². The number of nitrogens with zero attached hydrogens (tertiary/aromatic N) is 1. The summed E-state index contributed by atoms with van der Waals surface area (Å²) in [4.78, 5) is 16.7. The van der Waals surface area contributed by atoms with Crippen LogP contribution < -0.4 is 4.72 Å². The van der Waals surface area contributed by atoms with Crippen molar-refractivity contribution in [2.24, 2.45) is 0 Å². The third-order valence-corrected chi connectivity index (χ3v) is 5.19. The van der Waals surface area contributed by atoms with Gasteiger partial charge in [0.05, 0.1) is 17.5 Å². The Hall–Kier alpha value is -2.42. The number of benzene rings is 2. The van der Waals surface area contributed by atoms with Crippen LogP contribution in [0.2, 0.25) is 5.02 Å². The topological polar surface area (TPSA) is 85.4 Å². The van der Waals surface area contributed by atoms with Gasteiger partial charge in [0.2, 0.25) is 10.0 Å². The van der Waals surface area contributed by atoms with E-state index in [1.807, 2.05) is 17.5 Å². The van der Waals surface area contributed by atoms with Crippen LogP contribution in [0, 0.1) is 0 Å². The maximum atomic E-state index is 12.2. The normalized spacial score (nSPS) is 11.2. The van der Waals surface area contributed by atoms with Gasteiger partial charge in [-0.1, -0.05) is 29.8 Å². The van der Waals surface area contributed by atoms with E-state index in [0.29, 0.717) is 16.4 Å². The van der Waals surface area contributed by atoms with E-state index < -0.39 is 16.0 Å². The van der Waals surface area contributed by atoms with Crippen LogP contribution in [0.3, 0.4) is 0 Å². The molecule has 0 saturated heterocycles. The molecule has 2 aromatic carbocycles. The van der Waals surface area contributed by atoms with Crippen LogP contribution in [0.15, 0.2) is 53.9 Å². The van der Waals surface area contributed by atoms with Crippen molar-refractivity contribution in [2.75, 3.05) is 11.0 Å². The summed E-state index contributed by atoms with van der Waals surface area (Å²) < 4.78 is 30.2. The molecule has 0 radical (unpaired) electrons. The number of aromatic nitrogens is 1. The molecule has 0 amide bonds. The molecule has 1 aromatic heterocycles. The molecule has 0 aliphatic carbocycles. The Morgan fingerprint density at radius 2 is 1.96 bits per heavy atom. The number of hydrogen-bond acceptors (Lipinski definition) is 6. The Balaban J connectivity index is 1.64. The van der Waals surface area contributed by atoms with Crippen molar-refractivity contribution >= 4 is 44.6 Å². The minimum atomic E-state index is -3.42. The summed E-state index contributed by atoms with van der Waals surface area (Å²) in [7, 11) is -3.42. The average Bonchev–Trinajstić information content (AvgIpc) is 3.08. The molecular weight excluding hydrogens is 408 g/mol. The quantitative estimate of drug-likeness (QED) is 0.602. The molecule has 0 bridgehead atoms. The summed E-state index contributed by atoms with van der Waals surface area (Å²) in [5.74, 6) is -0.562. The molecule has 6 nitrogen and oxygen atoms in total. The van der Waals surface area contributed by atoms with Crippen molar-refractivity contribution in [1.29, 1.82) is 0 Å². The molecule has 0 saturated carbocycles. The number of carbonyl (C=O) groups excluding carboxylic acids is 1. The lowest BCUT2D eigenvalue weighted by Crippen LogP contribution is -2.11. The van der Waals surface area contributed by atoms with Gasteiger partial charge in [0.25, 0.3) is 0 Å². The zero-order valence-corrected chi connectivity index (χ0v) is 16.6. The molecule has 0 aliphatic heterocycles. The molecule has 9 heteroatoms. The van der Waals surface area contributed by atoms with Crippen LogP contribution in [-0.4, -0.2) is 25.6 Å². The van der Waals surface area contributed by atoms with Crippen molar-refractivity contribution in [3.63, 3.8) is 0 Å². The summed E-state index contributed by atoms with van der Waals surface area (Å²) in [5, 5.41) is 3.27. The number of carbonyl (C=O) groups is 1. The van der Waals surface area contributed by atoms with E-state index in [-0.39, 0.29) is 12.2 Å².